The highest BCUT2D eigenvalue weighted by Gasteiger charge is 2.24. The van der Waals surface area contributed by atoms with Crippen molar-refractivity contribution in [3.63, 3.8) is 0 Å². The SMILES string of the molecule is Cc1cc(OC[Si](C)(C)c2ccccc2)cc(C)c1O. The molecular formula is C17H22O2Si. The third-order valence-corrected chi connectivity index (χ3v) is 6.38. The summed E-state index contributed by atoms with van der Waals surface area (Å²) in [5.74, 6) is 1.20. The summed E-state index contributed by atoms with van der Waals surface area (Å²) in [7, 11) is -1.60. The minimum atomic E-state index is -1.60. The zero-order valence-corrected chi connectivity index (χ0v) is 13.6. The predicted octanol–water partition coefficient (Wildman–Crippen LogP) is 3.54. The second kappa shape index (κ2) is 5.71. The van der Waals surface area contributed by atoms with Gasteiger partial charge in [0.15, 0.2) is 0 Å². The van der Waals surface area contributed by atoms with Crippen molar-refractivity contribution in [2.45, 2.75) is 26.9 Å². The molecule has 0 aromatic heterocycles. The average Bonchev–Trinajstić information content (AvgIpc) is 2.43. The molecule has 0 bridgehead atoms. The lowest BCUT2D eigenvalue weighted by molar-refractivity contribution is 0.376. The van der Waals surface area contributed by atoms with Crippen LogP contribution in [0.5, 0.6) is 11.5 Å². The molecule has 0 aliphatic carbocycles. The van der Waals surface area contributed by atoms with E-state index in [1.54, 1.807) is 0 Å². The quantitative estimate of drug-likeness (QED) is 0.871. The number of aromatic hydroxyl groups is 1. The van der Waals surface area contributed by atoms with E-state index in [2.05, 4.69) is 37.4 Å². The lowest BCUT2D eigenvalue weighted by Crippen LogP contribution is -2.47. The number of phenols is 1. The van der Waals surface area contributed by atoms with Gasteiger partial charge in [0.25, 0.3) is 0 Å². The minimum absolute atomic E-state index is 0.358. The maximum atomic E-state index is 9.79. The molecule has 2 rings (SSSR count). The Bertz CT molecular complexity index is 568. The summed E-state index contributed by atoms with van der Waals surface area (Å²) in [6.45, 7) is 8.41. The normalized spacial score (nSPS) is 11.4. The highest BCUT2D eigenvalue weighted by atomic mass is 28.3. The zero-order valence-electron chi connectivity index (χ0n) is 12.6. The molecule has 0 atom stereocenters. The van der Waals surface area contributed by atoms with E-state index in [1.807, 2.05) is 32.0 Å². The molecule has 0 aliphatic heterocycles. The van der Waals surface area contributed by atoms with Crippen molar-refractivity contribution in [3.8, 4) is 11.5 Å². The van der Waals surface area contributed by atoms with E-state index in [9.17, 15) is 5.11 Å². The summed E-state index contributed by atoms with van der Waals surface area (Å²) in [4.78, 5) is 0. The van der Waals surface area contributed by atoms with Crippen LogP contribution in [0.3, 0.4) is 0 Å². The Kier molecular flexibility index (Phi) is 4.19. The van der Waals surface area contributed by atoms with Gasteiger partial charge in [-0.2, -0.15) is 0 Å². The maximum Gasteiger partial charge on any atom is 0.124 e. The Hall–Kier alpha value is -1.74. The van der Waals surface area contributed by atoms with E-state index >= 15 is 0 Å². The van der Waals surface area contributed by atoms with Gasteiger partial charge in [-0.05, 0) is 37.1 Å². The summed E-state index contributed by atoms with van der Waals surface area (Å²) in [5.41, 5.74) is 1.72. The smallest absolute Gasteiger partial charge is 0.124 e. The second-order valence-electron chi connectivity index (χ2n) is 5.94. The molecule has 0 unspecified atom stereocenters. The third kappa shape index (κ3) is 3.22. The van der Waals surface area contributed by atoms with Crippen molar-refractivity contribution in [2.75, 3.05) is 6.23 Å². The summed E-state index contributed by atoms with van der Waals surface area (Å²) in [6, 6.07) is 14.4. The molecule has 0 amide bonds. The van der Waals surface area contributed by atoms with Crippen LogP contribution in [0.2, 0.25) is 13.1 Å². The van der Waals surface area contributed by atoms with Gasteiger partial charge < -0.3 is 9.84 Å². The third-order valence-electron chi connectivity index (χ3n) is 3.62. The van der Waals surface area contributed by atoms with Gasteiger partial charge in [-0.1, -0.05) is 48.6 Å². The molecule has 0 radical (unpaired) electrons. The van der Waals surface area contributed by atoms with Crippen molar-refractivity contribution >= 4 is 13.3 Å². The molecule has 2 aromatic carbocycles. The number of aryl methyl sites for hydroxylation is 2. The van der Waals surface area contributed by atoms with Crippen molar-refractivity contribution in [1.82, 2.24) is 0 Å². The van der Waals surface area contributed by atoms with E-state index in [0.29, 0.717) is 5.75 Å². The molecule has 3 heteroatoms. The molecule has 106 valence electrons. The lowest BCUT2D eigenvalue weighted by atomic mass is 10.1. The summed E-state index contributed by atoms with van der Waals surface area (Å²) >= 11 is 0. The van der Waals surface area contributed by atoms with Gasteiger partial charge in [-0.15, -0.1) is 0 Å². The van der Waals surface area contributed by atoms with Crippen molar-refractivity contribution < 1.29 is 9.84 Å². The Labute approximate surface area is 122 Å². The molecule has 0 fully saturated rings. The topological polar surface area (TPSA) is 29.5 Å². The number of hydrogen-bond acceptors (Lipinski definition) is 2. The second-order valence-corrected chi connectivity index (χ2v) is 10.6. The van der Waals surface area contributed by atoms with Crippen LogP contribution in [0.4, 0.5) is 0 Å². The van der Waals surface area contributed by atoms with Crippen molar-refractivity contribution in [1.29, 1.82) is 0 Å². The van der Waals surface area contributed by atoms with Gasteiger partial charge in [-0.25, -0.2) is 0 Å². The van der Waals surface area contributed by atoms with Crippen LogP contribution in [0.15, 0.2) is 42.5 Å². The molecule has 0 saturated heterocycles. The fraction of sp³-hybridized carbons (Fsp3) is 0.294. The number of ether oxygens (including phenoxy) is 1. The predicted molar refractivity (Wildman–Crippen MR) is 86.6 cm³/mol. The lowest BCUT2D eigenvalue weighted by Gasteiger charge is -2.23. The van der Waals surface area contributed by atoms with E-state index in [1.165, 1.54) is 5.19 Å². The van der Waals surface area contributed by atoms with E-state index in [4.69, 9.17) is 4.74 Å². The van der Waals surface area contributed by atoms with Gasteiger partial charge in [-0.3, -0.25) is 0 Å². The Morgan fingerprint density at radius 2 is 1.55 bits per heavy atom. The molecule has 2 aromatic rings. The average molecular weight is 286 g/mol. The number of rotatable bonds is 4. The van der Waals surface area contributed by atoms with Crippen molar-refractivity contribution in [2.24, 2.45) is 0 Å². The first-order chi connectivity index (χ1) is 9.40. The molecule has 0 aliphatic rings. The Morgan fingerprint density at radius 3 is 2.10 bits per heavy atom. The highest BCUT2D eigenvalue weighted by Crippen LogP contribution is 2.27. The van der Waals surface area contributed by atoms with Crippen LogP contribution in [0.1, 0.15) is 11.1 Å². The summed E-state index contributed by atoms with van der Waals surface area (Å²) < 4.78 is 5.99. The van der Waals surface area contributed by atoms with Crippen molar-refractivity contribution in [3.05, 3.63) is 53.6 Å². The molecule has 2 nitrogen and oxygen atoms in total. The molecule has 20 heavy (non-hydrogen) atoms. The molecular weight excluding hydrogens is 264 g/mol. The monoisotopic (exact) mass is 286 g/mol. The number of benzene rings is 2. The maximum absolute atomic E-state index is 9.79. The first-order valence-corrected chi connectivity index (χ1v) is 10.1. The van der Waals surface area contributed by atoms with Gasteiger partial charge in [0, 0.05) is 0 Å². The summed E-state index contributed by atoms with van der Waals surface area (Å²) in [6.07, 6.45) is 0.737. The van der Waals surface area contributed by atoms with Crippen LogP contribution in [0.25, 0.3) is 0 Å². The van der Waals surface area contributed by atoms with Gasteiger partial charge >= 0.3 is 0 Å². The first-order valence-electron chi connectivity index (χ1n) is 6.89. The molecule has 0 saturated carbocycles. The van der Waals surface area contributed by atoms with Crippen LogP contribution in [0, 0.1) is 13.8 Å². The Balaban J connectivity index is 2.12. The highest BCUT2D eigenvalue weighted by molar-refractivity contribution is 6.89. The van der Waals surface area contributed by atoms with E-state index < -0.39 is 8.07 Å². The first kappa shape index (κ1) is 14.7. The van der Waals surface area contributed by atoms with E-state index in [-0.39, 0.29) is 0 Å². The Morgan fingerprint density at radius 1 is 1.00 bits per heavy atom. The van der Waals surface area contributed by atoms with Crippen LogP contribution < -0.4 is 9.92 Å². The number of hydrogen-bond donors (Lipinski definition) is 1. The molecule has 0 heterocycles. The van der Waals surface area contributed by atoms with Gasteiger partial charge in [0.1, 0.15) is 19.6 Å². The van der Waals surface area contributed by atoms with E-state index in [0.717, 1.165) is 23.1 Å². The zero-order chi connectivity index (χ0) is 14.8. The largest absolute Gasteiger partial charge is 0.507 e. The fourth-order valence-corrected chi connectivity index (χ4v) is 4.02. The summed E-state index contributed by atoms with van der Waals surface area (Å²) in [5, 5.41) is 11.2. The van der Waals surface area contributed by atoms with Crippen LogP contribution in [-0.2, 0) is 0 Å². The van der Waals surface area contributed by atoms with Gasteiger partial charge in [0.05, 0.1) is 6.23 Å². The number of phenolic OH excluding ortho intramolecular Hbond substituents is 1. The molecule has 1 N–H and O–H groups in total. The molecule has 0 spiro atoms. The fourth-order valence-electron chi connectivity index (χ4n) is 2.24. The standard InChI is InChI=1S/C17H22O2Si/c1-13-10-15(11-14(2)17(13)18)19-12-20(3,4)16-8-6-5-7-9-16/h5-11,18H,12H2,1-4H3. The van der Waals surface area contributed by atoms with Gasteiger partial charge in [0.2, 0.25) is 0 Å². The minimum Gasteiger partial charge on any atom is -0.507 e. The van der Waals surface area contributed by atoms with Crippen LogP contribution in [-0.4, -0.2) is 19.4 Å². The van der Waals surface area contributed by atoms with Crippen LogP contribution >= 0.6 is 0 Å².